The topological polar surface area (TPSA) is 140 Å². The summed E-state index contributed by atoms with van der Waals surface area (Å²) in [5.41, 5.74) is 5.34. The van der Waals surface area contributed by atoms with Crippen LogP contribution >= 0.6 is 0 Å². The van der Waals surface area contributed by atoms with E-state index in [-0.39, 0.29) is 0 Å². The van der Waals surface area contributed by atoms with Crippen LogP contribution in [0.5, 0.6) is 0 Å². The number of hydrogen-bond donors (Lipinski definition) is 4. The summed E-state index contributed by atoms with van der Waals surface area (Å²) in [6, 6.07) is 5.99. The molecule has 1 aromatic carbocycles. The van der Waals surface area contributed by atoms with Crippen LogP contribution in [0.3, 0.4) is 0 Å². The Labute approximate surface area is 132 Å². The molecule has 1 rings (SSSR count). The average molecular weight is 322 g/mol. The summed E-state index contributed by atoms with van der Waals surface area (Å²) in [6.07, 6.45) is -1.23. The first kappa shape index (κ1) is 18.0. The van der Waals surface area contributed by atoms with Crippen LogP contribution in [0.1, 0.15) is 13.8 Å². The highest BCUT2D eigenvalue weighted by Gasteiger charge is 2.23. The molecule has 0 spiro atoms. The van der Waals surface area contributed by atoms with Gasteiger partial charge in [-0.2, -0.15) is 0 Å². The van der Waals surface area contributed by atoms with Gasteiger partial charge >= 0.3 is 18.0 Å². The fraction of sp³-hybridized carbons (Fsp3) is 0.286. The third-order valence-electron chi connectivity index (χ3n) is 2.64. The van der Waals surface area contributed by atoms with Gasteiger partial charge in [0.25, 0.3) is 5.91 Å². The molecule has 5 N–H and O–H groups in total. The number of carbonyl (C=O) groups is 4. The van der Waals surface area contributed by atoms with Crippen LogP contribution < -0.4 is 21.7 Å². The molecule has 2 atom stereocenters. The molecular weight excluding hydrogens is 304 g/mol. The van der Waals surface area contributed by atoms with Crippen molar-refractivity contribution in [1.82, 2.24) is 10.6 Å². The number of primary amides is 1. The molecule has 5 amide bonds. The second-order valence-electron chi connectivity index (χ2n) is 4.62. The highest BCUT2D eigenvalue weighted by Crippen LogP contribution is 2.04. The maximum atomic E-state index is 11.8. The molecule has 0 unspecified atom stereocenters. The van der Waals surface area contributed by atoms with Gasteiger partial charge in [-0.1, -0.05) is 18.2 Å². The summed E-state index contributed by atoms with van der Waals surface area (Å²) < 4.78 is 4.82. The molecule has 0 bridgehead atoms. The van der Waals surface area contributed by atoms with Gasteiger partial charge in [0.15, 0.2) is 6.10 Å². The van der Waals surface area contributed by atoms with Crippen LogP contribution in [0.4, 0.5) is 15.3 Å². The molecule has 0 saturated heterocycles. The quantitative estimate of drug-likeness (QED) is 0.578. The van der Waals surface area contributed by atoms with Gasteiger partial charge in [-0.25, -0.2) is 14.4 Å². The van der Waals surface area contributed by atoms with Crippen LogP contribution in [0.2, 0.25) is 0 Å². The number of anilines is 1. The Hall–Kier alpha value is -3.10. The first-order chi connectivity index (χ1) is 10.8. The highest BCUT2D eigenvalue weighted by molar-refractivity contribution is 5.97. The maximum Gasteiger partial charge on any atom is 0.329 e. The molecule has 9 heteroatoms. The lowest BCUT2D eigenvalue weighted by Gasteiger charge is -2.17. The summed E-state index contributed by atoms with van der Waals surface area (Å²) in [5, 5.41) is 6.68. The van der Waals surface area contributed by atoms with E-state index in [2.05, 4.69) is 10.6 Å². The lowest BCUT2D eigenvalue weighted by Crippen LogP contribution is -2.46. The molecule has 0 saturated carbocycles. The number of esters is 1. The number of para-hydroxylation sites is 1. The van der Waals surface area contributed by atoms with E-state index in [4.69, 9.17) is 10.5 Å². The van der Waals surface area contributed by atoms with E-state index in [1.54, 1.807) is 35.6 Å². The minimum absolute atomic E-state index is 0.555. The number of benzene rings is 1. The number of carbonyl (C=O) groups excluding carboxylic acids is 4. The van der Waals surface area contributed by atoms with Gasteiger partial charge in [-0.15, -0.1) is 0 Å². The Morgan fingerprint density at radius 1 is 1.09 bits per heavy atom. The number of urea groups is 2. The minimum atomic E-state index is -1.23. The Morgan fingerprint density at radius 2 is 1.70 bits per heavy atom. The van der Waals surface area contributed by atoms with E-state index in [1.165, 1.54) is 13.8 Å². The van der Waals surface area contributed by atoms with Crippen molar-refractivity contribution in [3.8, 4) is 0 Å². The number of hydrogen-bond acceptors (Lipinski definition) is 5. The smallest absolute Gasteiger partial charge is 0.329 e. The van der Waals surface area contributed by atoms with Crippen LogP contribution in [0.15, 0.2) is 30.3 Å². The summed E-state index contributed by atoms with van der Waals surface area (Å²) in [6.45, 7) is 2.67. The maximum absolute atomic E-state index is 11.8. The van der Waals surface area contributed by atoms with Gasteiger partial charge < -0.3 is 21.1 Å². The summed E-state index contributed by atoms with van der Waals surface area (Å²) in [5.74, 6) is -1.69. The van der Waals surface area contributed by atoms with Crippen molar-refractivity contribution in [3.05, 3.63) is 30.3 Å². The minimum Gasteiger partial charge on any atom is -0.451 e. The van der Waals surface area contributed by atoms with Crippen molar-refractivity contribution >= 4 is 29.6 Å². The number of rotatable bonds is 5. The number of ether oxygens (including phenoxy) is 1. The predicted molar refractivity (Wildman–Crippen MR) is 81.3 cm³/mol. The second-order valence-corrected chi connectivity index (χ2v) is 4.62. The monoisotopic (exact) mass is 322 g/mol. The Kier molecular flexibility index (Phi) is 6.53. The molecular formula is C14H18N4O5. The molecule has 0 aliphatic rings. The normalized spacial score (nSPS) is 12.4. The molecule has 0 aliphatic heterocycles. The van der Waals surface area contributed by atoms with E-state index in [9.17, 15) is 19.2 Å². The highest BCUT2D eigenvalue weighted by atomic mass is 16.5. The first-order valence-electron chi connectivity index (χ1n) is 6.73. The van der Waals surface area contributed by atoms with Crippen LogP contribution in [0.25, 0.3) is 0 Å². The van der Waals surface area contributed by atoms with E-state index < -0.39 is 36.1 Å². The molecule has 1 aromatic rings. The number of amides is 5. The van der Waals surface area contributed by atoms with Crippen LogP contribution in [-0.2, 0) is 14.3 Å². The third kappa shape index (κ3) is 6.46. The van der Waals surface area contributed by atoms with Crippen LogP contribution in [0, 0.1) is 0 Å². The van der Waals surface area contributed by atoms with E-state index in [1.807, 2.05) is 0 Å². The first-order valence-corrected chi connectivity index (χ1v) is 6.73. The second kappa shape index (κ2) is 8.37. The van der Waals surface area contributed by atoms with Gasteiger partial charge in [0.1, 0.15) is 6.04 Å². The van der Waals surface area contributed by atoms with Gasteiger partial charge in [0, 0.05) is 5.69 Å². The van der Waals surface area contributed by atoms with Crippen molar-refractivity contribution < 1.29 is 23.9 Å². The van der Waals surface area contributed by atoms with Crippen LogP contribution in [-0.4, -0.2) is 36.1 Å². The van der Waals surface area contributed by atoms with Crippen molar-refractivity contribution in [3.63, 3.8) is 0 Å². The number of nitrogens with two attached hydrogens (primary N) is 1. The molecule has 0 fully saturated rings. The number of imide groups is 1. The Balaban J connectivity index is 2.45. The van der Waals surface area contributed by atoms with Crippen molar-refractivity contribution in [2.24, 2.45) is 5.73 Å². The Bertz CT molecular complexity index is 590. The van der Waals surface area contributed by atoms with Crippen molar-refractivity contribution in [1.29, 1.82) is 0 Å². The molecule has 0 aromatic heterocycles. The largest absolute Gasteiger partial charge is 0.451 e. The van der Waals surface area contributed by atoms with Gasteiger partial charge in [0.2, 0.25) is 0 Å². The van der Waals surface area contributed by atoms with E-state index in [0.717, 1.165) is 0 Å². The Morgan fingerprint density at radius 3 is 2.26 bits per heavy atom. The van der Waals surface area contributed by atoms with Crippen molar-refractivity contribution in [2.45, 2.75) is 26.0 Å². The molecule has 0 heterocycles. The van der Waals surface area contributed by atoms with Gasteiger partial charge in [-0.3, -0.25) is 10.1 Å². The summed E-state index contributed by atoms with van der Waals surface area (Å²) in [7, 11) is 0. The summed E-state index contributed by atoms with van der Waals surface area (Å²) in [4.78, 5) is 45.4. The van der Waals surface area contributed by atoms with Crippen molar-refractivity contribution in [2.75, 3.05) is 5.32 Å². The molecule has 0 aliphatic carbocycles. The van der Waals surface area contributed by atoms with E-state index >= 15 is 0 Å². The fourth-order valence-electron chi connectivity index (χ4n) is 1.50. The SMILES string of the molecule is C[C@H](NC(=O)Nc1ccccc1)C(=O)O[C@H](C)C(=O)NC(N)=O. The standard InChI is InChI=1S/C14H18N4O5/c1-8(12(20)23-9(2)11(19)18-13(15)21)16-14(22)17-10-6-4-3-5-7-10/h3-9H,1-2H3,(H2,16,17,22)(H3,15,18,19,21)/t8-,9+/m0/s1. The average Bonchev–Trinajstić information content (AvgIpc) is 2.47. The molecule has 124 valence electrons. The fourth-order valence-corrected chi connectivity index (χ4v) is 1.50. The lowest BCUT2D eigenvalue weighted by molar-refractivity contribution is -0.155. The number of nitrogens with one attached hydrogen (secondary N) is 3. The van der Waals surface area contributed by atoms with Gasteiger partial charge in [0.05, 0.1) is 0 Å². The van der Waals surface area contributed by atoms with E-state index in [0.29, 0.717) is 5.69 Å². The zero-order valence-electron chi connectivity index (χ0n) is 12.7. The summed E-state index contributed by atoms with van der Waals surface area (Å²) >= 11 is 0. The lowest BCUT2D eigenvalue weighted by atomic mass is 10.3. The molecule has 23 heavy (non-hydrogen) atoms. The molecule has 9 nitrogen and oxygen atoms in total. The molecule has 0 radical (unpaired) electrons. The zero-order valence-corrected chi connectivity index (χ0v) is 12.7. The predicted octanol–water partition coefficient (Wildman–Crippen LogP) is 0.323. The third-order valence-corrected chi connectivity index (χ3v) is 2.64. The van der Waals surface area contributed by atoms with Gasteiger partial charge in [-0.05, 0) is 26.0 Å². The zero-order chi connectivity index (χ0) is 17.4.